The van der Waals surface area contributed by atoms with Gasteiger partial charge < -0.3 is 9.84 Å². The van der Waals surface area contributed by atoms with E-state index in [-0.39, 0.29) is 12.2 Å². The second-order valence-electron chi connectivity index (χ2n) is 4.41. The van der Waals surface area contributed by atoms with Crippen LogP contribution in [-0.4, -0.2) is 17.3 Å². The van der Waals surface area contributed by atoms with Crippen LogP contribution in [0.5, 0.6) is 5.75 Å². The van der Waals surface area contributed by atoms with E-state index in [4.69, 9.17) is 4.74 Å². The van der Waals surface area contributed by atoms with Gasteiger partial charge in [0.2, 0.25) is 0 Å². The van der Waals surface area contributed by atoms with Crippen molar-refractivity contribution >= 4 is 0 Å². The number of aryl methyl sites for hydroxylation is 1. The van der Waals surface area contributed by atoms with Crippen molar-refractivity contribution in [3.63, 3.8) is 0 Å². The molecule has 1 aromatic carbocycles. The fraction of sp³-hybridized carbons (Fsp3) is 0.571. The van der Waals surface area contributed by atoms with Crippen molar-refractivity contribution in [2.45, 2.75) is 52.2 Å². The van der Waals surface area contributed by atoms with Crippen LogP contribution in [0.25, 0.3) is 0 Å². The van der Waals surface area contributed by atoms with Crippen LogP contribution < -0.4 is 4.74 Å². The molecule has 1 atom stereocenters. The summed E-state index contributed by atoms with van der Waals surface area (Å²) in [6.45, 7) is 6.04. The maximum atomic E-state index is 9.47. The molecule has 0 spiro atoms. The molecule has 0 aliphatic carbocycles. The number of hydrogen-bond donors (Lipinski definition) is 1. The van der Waals surface area contributed by atoms with Gasteiger partial charge in [0.1, 0.15) is 5.75 Å². The van der Waals surface area contributed by atoms with Crippen molar-refractivity contribution < 1.29 is 9.84 Å². The number of aliphatic hydroxyl groups is 1. The fourth-order valence-electron chi connectivity index (χ4n) is 1.54. The Morgan fingerprint density at radius 2 is 1.81 bits per heavy atom. The normalized spacial score (nSPS) is 12.8. The lowest BCUT2D eigenvalue weighted by Crippen LogP contribution is -2.06. The summed E-state index contributed by atoms with van der Waals surface area (Å²) in [4.78, 5) is 0. The number of benzene rings is 1. The minimum atomic E-state index is -0.174. The highest BCUT2D eigenvalue weighted by Gasteiger charge is 2.02. The molecule has 90 valence electrons. The Morgan fingerprint density at radius 3 is 2.31 bits per heavy atom. The van der Waals surface area contributed by atoms with Crippen LogP contribution in [0.4, 0.5) is 0 Å². The van der Waals surface area contributed by atoms with Gasteiger partial charge in [0.25, 0.3) is 0 Å². The largest absolute Gasteiger partial charge is 0.491 e. The third-order valence-corrected chi connectivity index (χ3v) is 2.53. The van der Waals surface area contributed by atoms with Crippen LogP contribution in [0.3, 0.4) is 0 Å². The zero-order chi connectivity index (χ0) is 12.0. The molecule has 1 aromatic rings. The lowest BCUT2D eigenvalue weighted by Gasteiger charge is -2.11. The van der Waals surface area contributed by atoms with Crippen molar-refractivity contribution in [1.82, 2.24) is 0 Å². The van der Waals surface area contributed by atoms with Crippen molar-refractivity contribution in [2.24, 2.45) is 0 Å². The van der Waals surface area contributed by atoms with Crippen LogP contribution in [0.1, 0.15) is 39.2 Å². The number of hydrogen-bond acceptors (Lipinski definition) is 2. The predicted molar refractivity (Wildman–Crippen MR) is 66.8 cm³/mol. The summed E-state index contributed by atoms with van der Waals surface area (Å²) in [5.41, 5.74) is 1.25. The van der Waals surface area contributed by atoms with Crippen LogP contribution >= 0.6 is 0 Å². The smallest absolute Gasteiger partial charge is 0.119 e. The van der Waals surface area contributed by atoms with Gasteiger partial charge in [-0.3, -0.25) is 0 Å². The Labute approximate surface area is 98.3 Å². The third kappa shape index (κ3) is 4.67. The first-order chi connectivity index (χ1) is 7.61. The van der Waals surface area contributed by atoms with E-state index in [0.717, 1.165) is 25.0 Å². The van der Waals surface area contributed by atoms with Crippen molar-refractivity contribution in [3.05, 3.63) is 29.8 Å². The molecule has 1 rings (SSSR count). The molecule has 0 aliphatic heterocycles. The molecule has 0 aliphatic rings. The molecule has 0 saturated heterocycles. The highest BCUT2D eigenvalue weighted by atomic mass is 16.5. The first-order valence-electron chi connectivity index (χ1n) is 6.05. The van der Waals surface area contributed by atoms with E-state index in [1.807, 2.05) is 32.9 Å². The lowest BCUT2D eigenvalue weighted by atomic mass is 10.1. The second kappa shape index (κ2) is 6.54. The molecular formula is C14H22O2. The van der Waals surface area contributed by atoms with Crippen LogP contribution in [0, 0.1) is 0 Å². The number of rotatable bonds is 6. The molecule has 0 heterocycles. The Morgan fingerprint density at radius 1 is 1.19 bits per heavy atom. The Balaban J connectivity index is 2.45. The predicted octanol–water partition coefficient (Wildman–Crippen LogP) is 3.18. The van der Waals surface area contributed by atoms with Gasteiger partial charge in [-0.25, -0.2) is 0 Å². The molecule has 0 bridgehead atoms. The van der Waals surface area contributed by atoms with Gasteiger partial charge in [0.05, 0.1) is 12.2 Å². The van der Waals surface area contributed by atoms with Gasteiger partial charge in [0, 0.05) is 0 Å². The Kier molecular flexibility index (Phi) is 5.33. The van der Waals surface area contributed by atoms with E-state index in [0.29, 0.717) is 0 Å². The van der Waals surface area contributed by atoms with Gasteiger partial charge in [-0.05, 0) is 50.8 Å². The summed E-state index contributed by atoms with van der Waals surface area (Å²) in [7, 11) is 0. The van der Waals surface area contributed by atoms with Crippen LogP contribution in [0.2, 0.25) is 0 Å². The fourth-order valence-corrected chi connectivity index (χ4v) is 1.54. The molecule has 0 aromatic heterocycles. The average Bonchev–Trinajstić information content (AvgIpc) is 2.27. The van der Waals surface area contributed by atoms with Crippen LogP contribution in [-0.2, 0) is 6.42 Å². The van der Waals surface area contributed by atoms with Gasteiger partial charge in [-0.2, -0.15) is 0 Å². The summed E-state index contributed by atoms with van der Waals surface area (Å²) in [5, 5.41) is 9.47. The first-order valence-corrected chi connectivity index (χ1v) is 6.05. The van der Waals surface area contributed by atoms with E-state index in [1.165, 1.54) is 5.56 Å². The monoisotopic (exact) mass is 222 g/mol. The zero-order valence-electron chi connectivity index (χ0n) is 10.4. The number of aliphatic hydroxyl groups excluding tert-OH is 1. The third-order valence-electron chi connectivity index (χ3n) is 2.53. The van der Waals surface area contributed by atoms with E-state index in [1.54, 1.807) is 0 Å². The summed E-state index contributed by atoms with van der Waals surface area (Å²) < 4.78 is 5.57. The highest BCUT2D eigenvalue weighted by molar-refractivity contribution is 5.27. The first kappa shape index (κ1) is 13.0. The van der Waals surface area contributed by atoms with Crippen molar-refractivity contribution in [2.75, 3.05) is 0 Å². The molecule has 0 radical (unpaired) electrons. The molecule has 16 heavy (non-hydrogen) atoms. The maximum absolute atomic E-state index is 9.47. The highest BCUT2D eigenvalue weighted by Crippen LogP contribution is 2.15. The zero-order valence-corrected chi connectivity index (χ0v) is 10.4. The second-order valence-corrected chi connectivity index (χ2v) is 4.41. The molecule has 0 saturated carbocycles. The molecular weight excluding hydrogens is 200 g/mol. The van der Waals surface area contributed by atoms with Crippen molar-refractivity contribution in [3.8, 4) is 5.75 Å². The van der Waals surface area contributed by atoms with Gasteiger partial charge in [0.15, 0.2) is 0 Å². The Hall–Kier alpha value is -1.02. The molecule has 1 unspecified atom stereocenters. The summed E-state index contributed by atoms with van der Waals surface area (Å²) in [5.74, 6) is 0.912. The molecule has 2 nitrogen and oxygen atoms in total. The van der Waals surface area contributed by atoms with E-state index < -0.39 is 0 Å². The van der Waals surface area contributed by atoms with Gasteiger partial charge >= 0.3 is 0 Å². The van der Waals surface area contributed by atoms with E-state index in [9.17, 15) is 5.11 Å². The summed E-state index contributed by atoms with van der Waals surface area (Å²) >= 11 is 0. The topological polar surface area (TPSA) is 29.5 Å². The summed E-state index contributed by atoms with van der Waals surface area (Å²) in [6.07, 6.45) is 2.63. The SMILES string of the molecule is CCC(O)CCc1ccc(OC(C)C)cc1. The standard InChI is InChI=1S/C14H22O2/c1-4-13(15)8-5-12-6-9-14(10-7-12)16-11(2)3/h6-7,9-11,13,15H,4-5,8H2,1-3H3. The Bertz CT molecular complexity index is 290. The molecule has 0 amide bonds. The molecule has 1 N–H and O–H groups in total. The lowest BCUT2D eigenvalue weighted by molar-refractivity contribution is 0.160. The maximum Gasteiger partial charge on any atom is 0.119 e. The van der Waals surface area contributed by atoms with E-state index >= 15 is 0 Å². The van der Waals surface area contributed by atoms with Crippen molar-refractivity contribution in [1.29, 1.82) is 0 Å². The average molecular weight is 222 g/mol. The van der Waals surface area contributed by atoms with Gasteiger partial charge in [-0.1, -0.05) is 19.1 Å². The summed E-state index contributed by atoms with van der Waals surface area (Å²) in [6, 6.07) is 8.13. The minimum absolute atomic E-state index is 0.174. The van der Waals surface area contributed by atoms with Crippen LogP contribution in [0.15, 0.2) is 24.3 Å². The van der Waals surface area contributed by atoms with Gasteiger partial charge in [-0.15, -0.1) is 0 Å². The minimum Gasteiger partial charge on any atom is -0.491 e. The number of ether oxygens (including phenoxy) is 1. The quantitative estimate of drug-likeness (QED) is 0.801. The van der Waals surface area contributed by atoms with E-state index in [2.05, 4.69) is 12.1 Å². The molecule has 0 fully saturated rings. The molecule has 2 heteroatoms.